The minimum absolute atomic E-state index is 0.136. The van der Waals surface area contributed by atoms with Crippen LogP contribution in [0.3, 0.4) is 0 Å². The van der Waals surface area contributed by atoms with Crippen molar-refractivity contribution in [1.29, 1.82) is 0 Å². The molecule has 0 aliphatic heterocycles. The van der Waals surface area contributed by atoms with E-state index in [-0.39, 0.29) is 11.7 Å². The molecule has 0 radical (unpaired) electrons. The average molecular weight is 225 g/mol. The van der Waals surface area contributed by atoms with Crippen molar-refractivity contribution in [2.45, 2.75) is 19.3 Å². The van der Waals surface area contributed by atoms with Crippen molar-refractivity contribution in [3.05, 3.63) is 66.0 Å². The molecule has 0 saturated carbocycles. The Bertz CT molecular complexity index is 439. The summed E-state index contributed by atoms with van der Waals surface area (Å²) in [5.74, 6) is 0.340. The first-order valence-corrected chi connectivity index (χ1v) is 5.71. The summed E-state index contributed by atoms with van der Waals surface area (Å²) in [5.41, 5.74) is 2.32. The van der Waals surface area contributed by atoms with Crippen molar-refractivity contribution in [1.82, 2.24) is 4.98 Å². The van der Waals surface area contributed by atoms with Crippen molar-refractivity contribution in [3.8, 4) is 0 Å². The summed E-state index contributed by atoms with van der Waals surface area (Å²) in [7, 11) is 0. The van der Waals surface area contributed by atoms with E-state index in [1.807, 2.05) is 30.3 Å². The Kier molecular flexibility index (Phi) is 3.66. The van der Waals surface area contributed by atoms with E-state index in [1.165, 1.54) is 5.56 Å². The van der Waals surface area contributed by atoms with Gasteiger partial charge in [-0.1, -0.05) is 30.3 Å². The Balaban J connectivity index is 2.36. The van der Waals surface area contributed by atoms with E-state index >= 15 is 0 Å². The zero-order chi connectivity index (χ0) is 12.1. The number of aromatic nitrogens is 1. The number of pyridine rings is 1. The van der Waals surface area contributed by atoms with Gasteiger partial charge in [0.05, 0.1) is 0 Å². The van der Waals surface area contributed by atoms with Crippen LogP contribution in [0.15, 0.2) is 54.9 Å². The van der Waals surface area contributed by atoms with Gasteiger partial charge >= 0.3 is 0 Å². The van der Waals surface area contributed by atoms with Gasteiger partial charge in [0.2, 0.25) is 0 Å². The van der Waals surface area contributed by atoms with Crippen LogP contribution >= 0.6 is 0 Å². The maximum Gasteiger partial charge on any atom is 0.130 e. The van der Waals surface area contributed by atoms with Crippen LogP contribution in [0, 0.1) is 0 Å². The highest BCUT2D eigenvalue weighted by atomic mass is 16.1. The van der Waals surface area contributed by atoms with Crippen LogP contribution < -0.4 is 0 Å². The van der Waals surface area contributed by atoms with E-state index in [1.54, 1.807) is 19.3 Å². The molecule has 86 valence electrons. The van der Waals surface area contributed by atoms with Gasteiger partial charge in [0.25, 0.3) is 0 Å². The highest BCUT2D eigenvalue weighted by Gasteiger charge is 2.15. The van der Waals surface area contributed by atoms with Crippen molar-refractivity contribution in [3.63, 3.8) is 0 Å². The highest BCUT2D eigenvalue weighted by molar-refractivity contribution is 5.77. The van der Waals surface area contributed by atoms with E-state index in [9.17, 15) is 4.79 Å². The number of hydrogen-bond acceptors (Lipinski definition) is 2. The third kappa shape index (κ3) is 3.00. The van der Waals surface area contributed by atoms with Crippen molar-refractivity contribution in [2.24, 2.45) is 0 Å². The first kappa shape index (κ1) is 11.5. The van der Waals surface area contributed by atoms with Gasteiger partial charge in [-0.15, -0.1) is 0 Å². The van der Waals surface area contributed by atoms with Crippen LogP contribution in [-0.2, 0) is 4.79 Å². The lowest BCUT2D eigenvalue weighted by Gasteiger charge is -2.16. The molecule has 2 nitrogen and oxygen atoms in total. The maximum absolute atomic E-state index is 11.4. The number of nitrogens with zero attached hydrogens (tertiary/aromatic N) is 1. The molecule has 2 rings (SSSR count). The second kappa shape index (κ2) is 5.39. The number of hydrogen-bond donors (Lipinski definition) is 0. The van der Waals surface area contributed by atoms with Gasteiger partial charge in [-0.3, -0.25) is 9.78 Å². The Hall–Kier alpha value is -1.96. The Morgan fingerprint density at radius 3 is 2.24 bits per heavy atom. The molecule has 0 bridgehead atoms. The summed E-state index contributed by atoms with van der Waals surface area (Å²) in [6, 6.07) is 14.1. The monoisotopic (exact) mass is 225 g/mol. The molecule has 1 heterocycles. The van der Waals surface area contributed by atoms with Crippen LogP contribution in [-0.4, -0.2) is 10.8 Å². The molecule has 1 atom stereocenters. The maximum atomic E-state index is 11.4. The second-order valence-corrected chi connectivity index (χ2v) is 4.15. The quantitative estimate of drug-likeness (QED) is 0.799. The fourth-order valence-corrected chi connectivity index (χ4v) is 2.00. The average Bonchev–Trinajstić information content (AvgIpc) is 2.38. The SMILES string of the molecule is CC(=O)CC(c1ccccc1)c1ccncc1. The molecule has 0 aliphatic carbocycles. The van der Waals surface area contributed by atoms with Gasteiger partial charge in [0, 0.05) is 24.7 Å². The Morgan fingerprint density at radius 2 is 1.65 bits per heavy atom. The van der Waals surface area contributed by atoms with E-state index in [0.717, 1.165) is 5.56 Å². The summed E-state index contributed by atoms with van der Waals surface area (Å²) in [5, 5.41) is 0. The number of carbonyl (C=O) groups is 1. The molecule has 0 fully saturated rings. The summed E-state index contributed by atoms with van der Waals surface area (Å²) in [6.45, 7) is 1.64. The van der Waals surface area contributed by atoms with Gasteiger partial charge in [0.15, 0.2) is 0 Å². The van der Waals surface area contributed by atoms with Crippen molar-refractivity contribution < 1.29 is 4.79 Å². The van der Waals surface area contributed by atoms with E-state index in [4.69, 9.17) is 0 Å². The zero-order valence-electron chi connectivity index (χ0n) is 9.84. The molecule has 0 spiro atoms. The molecular formula is C15H15NO. The number of carbonyl (C=O) groups excluding carboxylic acids is 1. The lowest BCUT2D eigenvalue weighted by Crippen LogP contribution is -2.06. The molecule has 0 N–H and O–H groups in total. The second-order valence-electron chi connectivity index (χ2n) is 4.15. The summed E-state index contributed by atoms with van der Waals surface area (Å²) >= 11 is 0. The minimum Gasteiger partial charge on any atom is -0.300 e. The van der Waals surface area contributed by atoms with Crippen LogP contribution in [0.5, 0.6) is 0 Å². The molecule has 1 aromatic heterocycles. The Morgan fingerprint density at radius 1 is 1.06 bits per heavy atom. The molecule has 1 unspecified atom stereocenters. The molecule has 2 aromatic rings. The summed E-state index contributed by atoms with van der Waals surface area (Å²) < 4.78 is 0. The number of benzene rings is 1. The molecule has 2 heteroatoms. The number of Topliss-reactive ketones (excluding diaryl/α,β-unsaturated/α-hetero) is 1. The van der Waals surface area contributed by atoms with E-state index < -0.39 is 0 Å². The van der Waals surface area contributed by atoms with Gasteiger partial charge in [-0.2, -0.15) is 0 Å². The van der Waals surface area contributed by atoms with Gasteiger partial charge in [-0.05, 0) is 30.2 Å². The summed E-state index contributed by atoms with van der Waals surface area (Å²) in [4.78, 5) is 15.4. The third-order valence-electron chi connectivity index (χ3n) is 2.80. The summed E-state index contributed by atoms with van der Waals surface area (Å²) in [6.07, 6.45) is 4.07. The molecule has 0 amide bonds. The molecule has 1 aromatic carbocycles. The fraction of sp³-hybridized carbons (Fsp3) is 0.200. The first-order chi connectivity index (χ1) is 8.27. The molecule has 0 aliphatic rings. The predicted molar refractivity (Wildman–Crippen MR) is 67.8 cm³/mol. The van der Waals surface area contributed by atoms with Crippen LogP contribution in [0.2, 0.25) is 0 Å². The minimum atomic E-state index is 0.136. The number of ketones is 1. The van der Waals surface area contributed by atoms with Gasteiger partial charge in [-0.25, -0.2) is 0 Å². The molecular weight excluding hydrogens is 210 g/mol. The smallest absolute Gasteiger partial charge is 0.130 e. The zero-order valence-corrected chi connectivity index (χ0v) is 9.84. The normalized spacial score (nSPS) is 12.1. The standard InChI is InChI=1S/C15H15NO/c1-12(17)11-15(13-5-3-2-4-6-13)14-7-9-16-10-8-14/h2-10,15H,11H2,1H3. The first-order valence-electron chi connectivity index (χ1n) is 5.71. The number of rotatable bonds is 4. The van der Waals surface area contributed by atoms with E-state index in [0.29, 0.717) is 6.42 Å². The van der Waals surface area contributed by atoms with Crippen LogP contribution in [0.1, 0.15) is 30.4 Å². The largest absolute Gasteiger partial charge is 0.300 e. The Labute approximate surface area is 101 Å². The molecule has 17 heavy (non-hydrogen) atoms. The van der Waals surface area contributed by atoms with Crippen LogP contribution in [0.25, 0.3) is 0 Å². The lowest BCUT2D eigenvalue weighted by atomic mass is 9.88. The van der Waals surface area contributed by atoms with Crippen LogP contribution in [0.4, 0.5) is 0 Å². The topological polar surface area (TPSA) is 30.0 Å². The van der Waals surface area contributed by atoms with Crippen molar-refractivity contribution in [2.75, 3.05) is 0 Å². The highest BCUT2D eigenvalue weighted by Crippen LogP contribution is 2.27. The molecule has 0 saturated heterocycles. The van der Waals surface area contributed by atoms with Gasteiger partial charge < -0.3 is 0 Å². The third-order valence-corrected chi connectivity index (χ3v) is 2.80. The van der Waals surface area contributed by atoms with E-state index in [2.05, 4.69) is 17.1 Å². The fourth-order valence-electron chi connectivity index (χ4n) is 2.00. The van der Waals surface area contributed by atoms with Gasteiger partial charge in [0.1, 0.15) is 5.78 Å². The predicted octanol–water partition coefficient (Wildman–Crippen LogP) is 3.19. The van der Waals surface area contributed by atoms with Crippen molar-refractivity contribution >= 4 is 5.78 Å². The lowest BCUT2D eigenvalue weighted by molar-refractivity contribution is -0.117.